The molecule has 0 spiro atoms. The van der Waals surface area contributed by atoms with Crippen LogP contribution in [0, 0.1) is 73.0 Å². The number of aryl methyl sites for hydroxylation is 4. The second kappa shape index (κ2) is 23.8. The standard InChI is InChI=1S/C87H49N9O2S6/c1-44-13-21-52(22-14-44)86(53-23-15-45(2)16-24-53)66-36-64-62-32-49-34-73(80-95-83-84(103-80)96-85(104-83)92-43-65-76(51(41-90)42-91)57-10-6-8-12-59(57)78(65)98)100-71(49)38-69(62)87(54-25-17-46(3)18-26-54,55-27-19-47(4)20-28-55)67(64)35-63(66)61-31-48-33-72(99-70(48)37-68(61)86)79-94-82-81(102-79)93-74(101-82)30-29-60-75(50(39-88)40-89)56-9-5-7-11-58(56)77(60)97/h5-29,31-38,43H,30H2,1-4H3,(H,92,96)/b60-29-,65-43-. The molecule has 0 fully saturated rings. The Kier molecular flexibility index (Phi) is 14.4. The number of thiophene rings is 2. The average molecular weight is 1440 g/mol. The molecular formula is C87H49N9O2S6. The minimum Gasteiger partial charge on any atom is -0.337 e. The topological polar surface area (TPSA) is 193 Å². The van der Waals surface area contributed by atoms with Gasteiger partial charge in [-0.15, -0.1) is 22.7 Å². The van der Waals surface area contributed by atoms with E-state index < -0.39 is 10.8 Å². The molecule has 11 nitrogen and oxygen atoms in total. The zero-order chi connectivity index (χ0) is 70.6. The molecule has 4 aliphatic carbocycles. The molecule has 0 unspecified atom stereocenters. The fraction of sp³-hybridized carbons (Fsp3) is 0.0805. The van der Waals surface area contributed by atoms with Gasteiger partial charge in [-0.2, -0.15) is 21.0 Å². The molecule has 4 aliphatic rings. The van der Waals surface area contributed by atoms with Gasteiger partial charge in [0.25, 0.3) is 0 Å². The molecule has 15 aromatic rings. The first kappa shape index (κ1) is 63.0. The van der Waals surface area contributed by atoms with Crippen molar-refractivity contribution in [3.63, 3.8) is 0 Å². The summed E-state index contributed by atoms with van der Waals surface area (Å²) in [4.78, 5) is 53.1. The lowest BCUT2D eigenvalue weighted by atomic mass is 9.65. The van der Waals surface area contributed by atoms with Crippen molar-refractivity contribution in [2.24, 2.45) is 0 Å². The Labute approximate surface area is 620 Å². The van der Waals surface area contributed by atoms with E-state index in [9.17, 15) is 30.6 Å². The fourth-order valence-corrected chi connectivity index (χ4v) is 22.1. The molecule has 0 aliphatic heterocycles. The van der Waals surface area contributed by atoms with Crippen molar-refractivity contribution in [3.05, 3.63) is 323 Å². The number of thiazole rings is 4. The maximum absolute atomic E-state index is 13.7. The number of nitriles is 4. The third kappa shape index (κ3) is 9.36. The maximum atomic E-state index is 13.7. The van der Waals surface area contributed by atoms with Crippen LogP contribution in [0.1, 0.15) is 104 Å². The van der Waals surface area contributed by atoms with Crippen molar-refractivity contribution in [3.8, 4) is 66.3 Å². The molecule has 6 aromatic heterocycles. The van der Waals surface area contributed by atoms with Crippen molar-refractivity contribution >= 4 is 135 Å². The van der Waals surface area contributed by atoms with E-state index in [4.69, 9.17) is 19.9 Å². The van der Waals surface area contributed by atoms with E-state index >= 15 is 0 Å². The van der Waals surface area contributed by atoms with E-state index in [2.05, 4.69) is 179 Å². The smallest absolute Gasteiger partial charge is 0.195 e. The van der Waals surface area contributed by atoms with Crippen molar-refractivity contribution in [2.75, 3.05) is 5.32 Å². The molecule has 9 aromatic carbocycles. The van der Waals surface area contributed by atoms with E-state index in [0.717, 1.165) is 64.3 Å². The molecule has 0 saturated heterocycles. The molecule has 1 N–H and O–H groups in total. The van der Waals surface area contributed by atoms with Crippen LogP contribution < -0.4 is 5.32 Å². The highest BCUT2D eigenvalue weighted by Crippen LogP contribution is 2.64. The number of allylic oxidation sites excluding steroid dienone is 7. The molecule has 0 amide bonds. The van der Waals surface area contributed by atoms with Gasteiger partial charge in [0, 0.05) is 55.4 Å². The van der Waals surface area contributed by atoms with Crippen molar-refractivity contribution in [1.82, 2.24) is 19.9 Å². The first-order chi connectivity index (χ1) is 50.7. The van der Waals surface area contributed by atoms with Crippen LogP contribution in [0.25, 0.3) is 92.7 Å². The molecule has 6 heterocycles. The number of carbonyl (C=O) groups is 2. The zero-order valence-corrected chi connectivity index (χ0v) is 60.6. The maximum Gasteiger partial charge on any atom is 0.195 e. The summed E-state index contributed by atoms with van der Waals surface area (Å²) in [5.74, 6) is -0.474. The normalized spacial score (nSPS) is 14.9. The van der Waals surface area contributed by atoms with Crippen LogP contribution in [-0.4, -0.2) is 31.5 Å². The predicted molar refractivity (Wildman–Crippen MR) is 421 cm³/mol. The third-order valence-electron chi connectivity index (χ3n) is 20.7. The van der Waals surface area contributed by atoms with Crippen LogP contribution in [0.3, 0.4) is 0 Å². The quantitative estimate of drug-likeness (QED) is 0.101. The highest BCUT2D eigenvalue weighted by molar-refractivity contribution is 7.32. The number of hydrogen-bond donors (Lipinski definition) is 1. The summed E-state index contributed by atoms with van der Waals surface area (Å²) in [7, 11) is 0. The average Bonchev–Trinajstić information content (AvgIpc) is 1.50. The lowest BCUT2D eigenvalue weighted by Gasteiger charge is -2.36. The number of Topliss-reactive ketones (excluding diaryl/α,β-unsaturated/α-hetero) is 2. The summed E-state index contributed by atoms with van der Waals surface area (Å²) in [6, 6.07) is 78.2. The number of aromatic nitrogens is 4. The Balaban J connectivity index is 0.752. The summed E-state index contributed by atoms with van der Waals surface area (Å²) in [6.07, 6.45) is 3.69. The number of hydrogen-bond acceptors (Lipinski definition) is 17. The highest BCUT2D eigenvalue weighted by atomic mass is 32.1. The van der Waals surface area contributed by atoms with Crippen LogP contribution in [0.4, 0.5) is 5.13 Å². The van der Waals surface area contributed by atoms with Gasteiger partial charge >= 0.3 is 0 Å². The number of fused-ring (bicyclic) bond motifs is 12. The highest BCUT2D eigenvalue weighted by Gasteiger charge is 2.52. The van der Waals surface area contributed by atoms with E-state index in [1.54, 1.807) is 88.8 Å². The van der Waals surface area contributed by atoms with E-state index in [1.165, 1.54) is 123 Å². The van der Waals surface area contributed by atoms with Crippen LogP contribution >= 0.6 is 68.0 Å². The van der Waals surface area contributed by atoms with Gasteiger partial charge < -0.3 is 5.32 Å². The minimum absolute atomic E-state index is 0.0905. The summed E-state index contributed by atoms with van der Waals surface area (Å²) < 4.78 is 2.28. The number of nitrogens with zero attached hydrogens (tertiary/aromatic N) is 8. The number of carbonyl (C=O) groups excluding carboxylic acids is 2. The van der Waals surface area contributed by atoms with Gasteiger partial charge in [-0.25, -0.2) is 19.9 Å². The van der Waals surface area contributed by atoms with Crippen molar-refractivity contribution in [1.29, 1.82) is 21.0 Å². The predicted octanol–water partition coefficient (Wildman–Crippen LogP) is 21.7. The SMILES string of the molecule is Cc1ccc(C2(c3ccc(C)cc3)c3cc4c(cc3-c3cc5cc(-c6nc7sc(C/C=C8\C(=O)c9ccccc9C8=C(C#N)C#N)nc7s6)sc5cc32)C(c2ccc(C)cc2)(c2ccc(C)cc2)c2cc3sc(-c5nc6sc(N/C=C7\C(=O)c8ccccc8C7=C(C#N)C#N)nc6s5)cc3cc2-4)cc1. The van der Waals surface area contributed by atoms with Gasteiger partial charge in [-0.1, -0.05) is 219 Å². The summed E-state index contributed by atoms with van der Waals surface area (Å²) in [6.45, 7) is 8.61. The number of anilines is 1. The number of nitrogens with one attached hydrogen (secondary N) is 1. The molecule has 0 saturated carbocycles. The second-order valence-corrected chi connectivity index (χ2v) is 32.8. The van der Waals surface area contributed by atoms with Gasteiger partial charge in [0.05, 0.1) is 20.6 Å². The molecule has 17 heteroatoms. The Morgan fingerprint density at radius 3 is 1.20 bits per heavy atom. The zero-order valence-electron chi connectivity index (χ0n) is 55.7. The largest absolute Gasteiger partial charge is 0.337 e. The Hall–Kier alpha value is -12.0. The molecule has 0 radical (unpaired) electrons. The monoisotopic (exact) mass is 1440 g/mol. The van der Waals surface area contributed by atoms with Gasteiger partial charge in [-0.05, 0) is 165 Å². The number of benzene rings is 9. The molecule has 490 valence electrons. The summed E-state index contributed by atoms with van der Waals surface area (Å²) >= 11 is 9.42. The molecule has 0 atom stereocenters. The lowest BCUT2D eigenvalue weighted by molar-refractivity contribution is 0.103. The Morgan fingerprint density at radius 2 is 0.779 bits per heavy atom. The number of ketones is 2. The van der Waals surface area contributed by atoms with Crippen molar-refractivity contribution < 1.29 is 9.59 Å². The van der Waals surface area contributed by atoms with Gasteiger partial charge in [0.15, 0.2) is 36.0 Å². The minimum atomic E-state index is -0.765. The van der Waals surface area contributed by atoms with Crippen LogP contribution in [0.15, 0.2) is 229 Å². The molecule has 104 heavy (non-hydrogen) atoms. The van der Waals surface area contributed by atoms with E-state index in [0.29, 0.717) is 50.5 Å². The summed E-state index contributed by atoms with van der Waals surface area (Å²) in [5.41, 5.74) is 20.5. The Morgan fingerprint density at radius 1 is 0.404 bits per heavy atom. The Bertz CT molecular complexity index is 6080. The summed E-state index contributed by atoms with van der Waals surface area (Å²) in [5, 5.41) is 48.2. The van der Waals surface area contributed by atoms with Gasteiger partial charge in [0.2, 0.25) is 0 Å². The van der Waals surface area contributed by atoms with Gasteiger partial charge in [0.1, 0.15) is 50.4 Å². The van der Waals surface area contributed by atoms with E-state index in [1.807, 2.05) is 30.3 Å². The third-order valence-corrected chi connectivity index (χ3v) is 27.2. The number of rotatable bonds is 10. The van der Waals surface area contributed by atoms with E-state index in [-0.39, 0.29) is 28.3 Å². The van der Waals surface area contributed by atoms with Gasteiger partial charge in [-0.3, -0.25) is 9.59 Å². The second-order valence-electron chi connectivity index (χ2n) is 26.6. The van der Waals surface area contributed by atoms with Crippen LogP contribution in [0.5, 0.6) is 0 Å². The lowest BCUT2D eigenvalue weighted by Crippen LogP contribution is -2.30. The first-order valence-electron chi connectivity index (χ1n) is 33.5. The van der Waals surface area contributed by atoms with Crippen molar-refractivity contribution in [2.45, 2.75) is 44.9 Å². The molecule has 0 bridgehead atoms. The van der Waals surface area contributed by atoms with Crippen LogP contribution in [-0.2, 0) is 17.3 Å². The fourth-order valence-electron chi connectivity index (χ4n) is 16.0. The van der Waals surface area contributed by atoms with Crippen LogP contribution in [0.2, 0.25) is 0 Å². The molecule has 19 rings (SSSR count). The molecular weight excluding hydrogens is 1400 g/mol. The first-order valence-corrected chi connectivity index (χ1v) is 38.4.